The molecule has 86 valence electrons. The van der Waals surface area contributed by atoms with E-state index in [-0.39, 0.29) is 37.2 Å². The molecule has 1 unspecified atom stereocenters. The molecule has 3 rings (SSSR count). The van der Waals surface area contributed by atoms with Crippen molar-refractivity contribution in [2.45, 2.75) is 0 Å². The Bertz CT molecular complexity index is 621. The first kappa shape index (κ1) is 17.5. The Morgan fingerprint density at radius 2 is 1.41 bits per heavy atom. The molecule has 0 bridgehead atoms. The van der Waals surface area contributed by atoms with Crippen molar-refractivity contribution in [1.82, 2.24) is 0 Å². The van der Waals surface area contributed by atoms with E-state index < -0.39 is 0 Å². The quantitative estimate of drug-likeness (QED) is 0.365. The van der Waals surface area contributed by atoms with Gasteiger partial charge in [0.2, 0.25) is 0 Å². The Morgan fingerprint density at radius 3 is 2.18 bits per heavy atom. The molecule has 2 aromatic carbocycles. The van der Waals surface area contributed by atoms with Gasteiger partial charge in [-0.25, -0.2) is 0 Å². The molecule has 0 nitrogen and oxygen atoms in total. The van der Waals surface area contributed by atoms with E-state index >= 15 is 0 Å². The van der Waals surface area contributed by atoms with Crippen LogP contribution in [0, 0.1) is 0 Å². The first-order valence-electron chi connectivity index (χ1n) is 4.57. The van der Waals surface area contributed by atoms with Crippen LogP contribution in [0.2, 0.25) is 0 Å². The summed E-state index contributed by atoms with van der Waals surface area (Å²) in [6, 6.07) is 15.4. The number of rotatable bonds is 0. The van der Waals surface area contributed by atoms with Crippen molar-refractivity contribution >= 4 is 32.5 Å². The van der Waals surface area contributed by atoms with Crippen molar-refractivity contribution in [3.8, 4) is 0 Å². The molecule has 0 N–H and O–H groups in total. The normalized spacial score (nSPS) is 9.76. The molecule has 0 radical (unpaired) electrons. The summed E-state index contributed by atoms with van der Waals surface area (Å²) in [5.41, 5.74) is 0. The van der Waals surface area contributed by atoms with Gasteiger partial charge in [0.1, 0.15) is 0 Å². The van der Waals surface area contributed by atoms with Crippen molar-refractivity contribution in [2.75, 3.05) is 0 Å². The third-order valence-electron chi connectivity index (χ3n) is 2.54. The van der Waals surface area contributed by atoms with Crippen LogP contribution in [0.1, 0.15) is 0 Å². The maximum absolute atomic E-state index is 2.25. The van der Waals surface area contributed by atoms with Crippen LogP contribution in [0.3, 0.4) is 0 Å². The number of halogens is 3. The van der Waals surface area contributed by atoms with Gasteiger partial charge in [0, 0.05) is 0 Å². The van der Waals surface area contributed by atoms with Crippen LogP contribution in [0.25, 0.3) is 21.0 Å². The van der Waals surface area contributed by atoms with Crippen LogP contribution >= 0.6 is 8.19 Å². The van der Waals surface area contributed by atoms with E-state index in [9.17, 15) is 0 Å². The molecule has 3 aromatic rings. The molecule has 0 fully saturated rings. The Kier molecular flexibility index (Phi) is 7.38. The van der Waals surface area contributed by atoms with E-state index in [1.54, 1.807) is 5.12 Å². The number of hydrogen-bond donors (Lipinski definition) is 0. The fraction of sp³-hybridized carbons (Fsp3) is 0. The van der Waals surface area contributed by atoms with E-state index in [2.05, 4.69) is 42.5 Å². The van der Waals surface area contributed by atoms with Crippen LogP contribution in [0.4, 0.5) is 0 Å². The maximum atomic E-state index is 2.25. The summed E-state index contributed by atoms with van der Waals surface area (Å²) in [6.45, 7) is 0. The first-order valence-corrected chi connectivity index (χ1v) is 6.80. The topological polar surface area (TPSA) is 0 Å². The van der Waals surface area contributed by atoms with Gasteiger partial charge in [-0.15, -0.1) is 0 Å². The molecule has 1 aromatic heterocycles. The molecule has 17 heavy (non-hydrogen) atoms. The van der Waals surface area contributed by atoms with Crippen molar-refractivity contribution < 1.29 is 61.9 Å². The third kappa shape index (κ3) is 3.09. The van der Waals surface area contributed by atoms with E-state index in [1.807, 2.05) is 0 Å². The van der Waals surface area contributed by atoms with Gasteiger partial charge in [0.05, 0.1) is 0 Å². The SMILES string of the molecule is [Cl-].[Cl-].[Cl-].[Zr+3][c]1cccc2c1[pH]c1ccccc12. The Hall–Kier alpha value is 0.493. The molecule has 0 saturated carbocycles. The monoisotopic (exact) mass is 378 g/mol. The average molecular weight is 381 g/mol. The van der Waals surface area contributed by atoms with E-state index in [0.717, 1.165) is 8.19 Å². The number of fused-ring (bicyclic) bond motifs is 3. The zero-order valence-corrected chi connectivity index (χ0v) is 14.4. The zero-order valence-electron chi connectivity index (χ0n) is 8.68. The summed E-state index contributed by atoms with van der Waals surface area (Å²) in [5, 5.41) is 6.00. The molecule has 1 heterocycles. The molecule has 1 atom stereocenters. The van der Waals surface area contributed by atoms with Crippen LogP contribution in [0.5, 0.6) is 0 Å². The fourth-order valence-corrected chi connectivity index (χ4v) is 4.27. The minimum atomic E-state index is 0. The second-order valence-corrected chi connectivity index (χ2v) is 6.01. The molecule has 0 spiro atoms. The summed E-state index contributed by atoms with van der Waals surface area (Å²) in [7, 11) is 0.872. The van der Waals surface area contributed by atoms with Gasteiger partial charge in [-0.05, 0) is 0 Å². The molecule has 0 amide bonds. The fourth-order valence-electron chi connectivity index (χ4n) is 1.87. The van der Waals surface area contributed by atoms with Gasteiger partial charge in [-0.2, -0.15) is 0 Å². The predicted molar refractivity (Wildman–Crippen MR) is 60.6 cm³/mol. The average Bonchev–Trinajstić information content (AvgIpc) is 2.59. The van der Waals surface area contributed by atoms with Gasteiger partial charge >= 0.3 is 99.7 Å². The summed E-state index contributed by atoms with van der Waals surface area (Å²) in [4.78, 5) is 0. The van der Waals surface area contributed by atoms with Gasteiger partial charge in [0.15, 0.2) is 0 Å². The Morgan fingerprint density at radius 1 is 0.765 bits per heavy atom. The summed E-state index contributed by atoms with van der Waals surface area (Å²) in [5.74, 6) is 0. The van der Waals surface area contributed by atoms with Crippen molar-refractivity contribution in [3.05, 3.63) is 42.5 Å². The third-order valence-corrected chi connectivity index (χ3v) is 5.67. The van der Waals surface area contributed by atoms with Gasteiger partial charge in [-0.1, -0.05) is 0 Å². The van der Waals surface area contributed by atoms with E-state index in [0.29, 0.717) is 0 Å². The molecule has 0 aliphatic heterocycles. The second-order valence-electron chi connectivity index (χ2n) is 3.40. The standard InChI is InChI=1S/C12H8P.3ClH.Zr/c1-3-7-11-9(5-1)10-6-2-4-8-12(10)13-11;;;;/h1-7,13H;3*1H;/q;;;;+3/p-3. The van der Waals surface area contributed by atoms with Crippen LogP contribution < -0.4 is 40.5 Å². The van der Waals surface area contributed by atoms with Crippen molar-refractivity contribution in [2.24, 2.45) is 0 Å². The summed E-state index contributed by atoms with van der Waals surface area (Å²) in [6.07, 6.45) is 0. The van der Waals surface area contributed by atoms with Crippen LogP contribution in [-0.4, -0.2) is 0 Å². The van der Waals surface area contributed by atoms with Gasteiger partial charge in [0.25, 0.3) is 0 Å². The number of hydrogen-bond acceptors (Lipinski definition) is 0. The van der Waals surface area contributed by atoms with E-state index in [1.165, 1.54) is 43.9 Å². The second kappa shape index (κ2) is 7.17. The Labute approximate surface area is 136 Å². The summed E-state index contributed by atoms with van der Waals surface area (Å²) < 4.78 is 1.52. The number of benzene rings is 2. The van der Waals surface area contributed by atoms with Crippen molar-refractivity contribution in [1.29, 1.82) is 0 Å². The van der Waals surface area contributed by atoms with Crippen molar-refractivity contribution in [3.63, 3.8) is 0 Å². The van der Waals surface area contributed by atoms with Crippen LogP contribution in [0.15, 0.2) is 42.5 Å². The summed E-state index contributed by atoms with van der Waals surface area (Å²) >= 11 is 1.53. The molecule has 0 aliphatic rings. The molecule has 0 aliphatic carbocycles. The van der Waals surface area contributed by atoms with Crippen LogP contribution in [-0.2, 0) is 24.7 Å². The predicted octanol–water partition coefficient (Wildman–Crippen LogP) is -5.79. The molecule has 5 heteroatoms. The molecular weight excluding hydrogens is 373 g/mol. The zero-order chi connectivity index (χ0) is 9.54. The van der Waals surface area contributed by atoms with E-state index in [4.69, 9.17) is 0 Å². The van der Waals surface area contributed by atoms with Gasteiger partial charge in [-0.3, -0.25) is 0 Å². The molecular formula is C12H8Cl3PZr. The minimum absolute atomic E-state index is 0. The molecule has 0 saturated heterocycles. The Balaban J connectivity index is 0.000000853. The van der Waals surface area contributed by atoms with Gasteiger partial charge < -0.3 is 37.2 Å². The first-order chi connectivity index (χ1) is 6.86.